The van der Waals surface area contributed by atoms with Gasteiger partial charge < -0.3 is 5.32 Å². The minimum atomic E-state index is 0.635. The van der Waals surface area contributed by atoms with Crippen LogP contribution in [0.25, 0.3) is 21.6 Å². The average Bonchev–Trinajstić information content (AvgIpc) is 2.97. The predicted molar refractivity (Wildman–Crippen MR) is 73.9 cm³/mol. The molecular weight excluding hydrogens is 246 g/mol. The highest BCUT2D eigenvalue weighted by molar-refractivity contribution is 7.15. The quantitative estimate of drug-likeness (QED) is 0.759. The number of hydrogen-bond donors (Lipinski definition) is 2. The summed E-state index contributed by atoms with van der Waals surface area (Å²) in [6, 6.07) is 4.19. The monoisotopic (exact) mass is 259 g/mol. The lowest BCUT2D eigenvalue weighted by molar-refractivity contribution is 1.07. The van der Waals surface area contributed by atoms with Gasteiger partial charge in [0.25, 0.3) is 0 Å². The summed E-state index contributed by atoms with van der Waals surface area (Å²) in [5.41, 5.74) is 1.70. The van der Waals surface area contributed by atoms with Crippen LogP contribution >= 0.6 is 11.3 Å². The van der Waals surface area contributed by atoms with Crippen LogP contribution in [0.5, 0.6) is 0 Å². The third-order valence-electron chi connectivity index (χ3n) is 2.62. The summed E-state index contributed by atoms with van der Waals surface area (Å²) in [5.74, 6) is 0.635. The molecule has 0 saturated heterocycles. The van der Waals surface area contributed by atoms with Crippen LogP contribution in [0.4, 0.5) is 5.95 Å². The molecule has 18 heavy (non-hydrogen) atoms. The molecule has 0 aliphatic rings. The SMILES string of the molecule is CCNc1nc(-c2ccc(C)s2)c2cn[nH]c2n1. The highest BCUT2D eigenvalue weighted by Crippen LogP contribution is 2.31. The van der Waals surface area contributed by atoms with Crippen molar-refractivity contribution in [3.63, 3.8) is 0 Å². The van der Waals surface area contributed by atoms with Crippen molar-refractivity contribution in [2.75, 3.05) is 11.9 Å². The molecule has 5 nitrogen and oxygen atoms in total. The van der Waals surface area contributed by atoms with E-state index in [0.717, 1.165) is 28.1 Å². The molecule has 92 valence electrons. The van der Waals surface area contributed by atoms with Crippen LogP contribution in [-0.2, 0) is 0 Å². The van der Waals surface area contributed by atoms with Gasteiger partial charge in [-0.2, -0.15) is 10.1 Å². The average molecular weight is 259 g/mol. The molecule has 2 N–H and O–H groups in total. The fourth-order valence-corrected chi connectivity index (χ4v) is 2.69. The van der Waals surface area contributed by atoms with E-state index in [4.69, 9.17) is 0 Å². The second-order valence-electron chi connectivity index (χ2n) is 3.97. The number of H-pyrrole nitrogens is 1. The van der Waals surface area contributed by atoms with Gasteiger partial charge in [-0.1, -0.05) is 0 Å². The molecule has 0 aliphatic heterocycles. The number of anilines is 1. The first kappa shape index (κ1) is 11.2. The smallest absolute Gasteiger partial charge is 0.225 e. The first-order valence-electron chi connectivity index (χ1n) is 5.79. The van der Waals surface area contributed by atoms with Gasteiger partial charge in [-0.15, -0.1) is 11.3 Å². The molecule has 0 fully saturated rings. The third-order valence-corrected chi connectivity index (χ3v) is 3.63. The fourth-order valence-electron chi connectivity index (χ4n) is 1.82. The summed E-state index contributed by atoms with van der Waals surface area (Å²) in [5, 5.41) is 11.0. The molecule has 3 heterocycles. The number of aromatic nitrogens is 4. The zero-order valence-corrected chi connectivity index (χ0v) is 11.0. The van der Waals surface area contributed by atoms with E-state index in [0.29, 0.717) is 5.95 Å². The molecule has 0 aliphatic carbocycles. The highest BCUT2D eigenvalue weighted by Gasteiger charge is 2.12. The molecule has 0 saturated carbocycles. The van der Waals surface area contributed by atoms with Crippen molar-refractivity contribution in [1.29, 1.82) is 0 Å². The number of nitrogens with zero attached hydrogens (tertiary/aromatic N) is 3. The Morgan fingerprint density at radius 3 is 2.94 bits per heavy atom. The van der Waals surface area contributed by atoms with E-state index < -0.39 is 0 Å². The van der Waals surface area contributed by atoms with E-state index in [2.05, 4.69) is 44.5 Å². The third kappa shape index (κ3) is 1.84. The second kappa shape index (κ2) is 4.38. The Labute approximate surface area is 108 Å². The Morgan fingerprint density at radius 1 is 1.33 bits per heavy atom. The Bertz CT molecular complexity index is 685. The van der Waals surface area contributed by atoms with Crippen LogP contribution in [0.3, 0.4) is 0 Å². The summed E-state index contributed by atoms with van der Waals surface area (Å²) in [4.78, 5) is 11.4. The molecule has 0 amide bonds. The first-order chi connectivity index (χ1) is 8.78. The highest BCUT2D eigenvalue weighted by atomic mass is 32.1. The molecule has 3 aromatic heterocycles. The molecule has 0 unspecified atom stereocenters. The van der Waals surface area contributed by atoms with E-state index in [-0.39, 0.29) is 0 Å². The molecule has 0 radical (unpaired) electrons. The Balaban J connectivity index is 2.22. The molecule has 3 aromatic rings. The molecule has 0 atom stereocenters. The molecule has 3 rings (SSSR count). The number of fused-ring (bicyclic) bond motifs is 1. The lowest BCUT2D eigenvalue weighted by Gasteiger charge is -2.04. The predicted octanol–water partition coefficient (Wildman–Crippen LogP) is 2.82. The summed E-state index contributed by atoms with van der Waals surface area (Å²) in [6.07, 6.45) is 1.77. The molecule has 0 bridgehead atoms. The maximum absolute atomic E-state index is 4.57. The minimum Gasteiger partial charge on any atom is -0.354 e. The largest absolute Gasteiger partial charge is 0.354 e. The summed E-state index contributed by atoms with van der Waals surface area (Å²) >= 11 is 1.73. The maximum atomic E-state index is 4.57. The van der Waals surface area contributed by atoms with Gasteiger partial charge in [0.05, 0.1) is 22.2 Å². The number of aromatic amines is 1. The Kier molecular flexibility index (Phi) is 2.71. The molecule has 6 heteroatoms. The zero-order valence-electron chi connectivity index (χ0n) is 10.2. The van der Waals surface area contributed by atoms with Crippen molar-refractivity contribution in [3.05, 3.63) is 23.2 Å². The lowest BCUT2D eigenvalue weighted by atomic mass is 10.2. The van der Waals surface area contributed by atoms with Crippen molar-refractivity contribution in [1.82, 2.24) is 20.2 Å². The Hall–Kier alpha value is -1.95. The Morgan fingerprint density at radius 2 is 2.22 bits per heavy atom. The van der Waals surface area contributed by atoms with Crippen molar-refractivity contribution in [2.45, 2.75) is 13.8 Å². The van der Waals surface area contributed by atoms with E-state index in [1.165, 1.54) is 4.88 Å². The van der Waals surface area contributed by atoms with Gasteiger partial charge in [-0.05, 0) is 26.0 Å². The first-order valence-corrected chi connectivity index (χ1v) is 6.61. The van der Waals surface area contributed by atoms with Crippen molar-refractivity contribution in [2.24, 2.45) is 0 Å². The van der Waals surface area contributed by atoms with Crippen molar-refractivity contribution < 1.29 is 0 Å². The van der Waals surface area contributed by atoms with Gasteiger partial charge in [-0.3, -0.25) is 5.10 Å². The standard InChI is InChI=1S/C12H13N5S/c1-3-13-12-15-10(9-5-4-7(2)18-9)8-6-14-17-11(8)16-12/h4-6H,3H2,1-2H3,(H2,13,14,15,16,17). The maximum Gasteiger partial charge on any atom is 0.225 e. The van der Waals surface area contributed by atoms with Gasteiger partial charge >= 0.3 is 0 Å². The van der Waals surface area contributed by atoms with Crippen LogP contribution in [0.15, 0.2) is 18.3 Å². The van der Waals surface area contributed by atoms with Crippen LogP contribution in [0.1, 0.15) is 11.8 Å². The number of thiophene rings is 1. The van der Waals surface area contributed by atoms with Crippen molar-refractivity contribution in [3.8, 4) is 10.6 Å². The topological polar surface area (TPSA) is 66.5 Å². The zero-order chi connectivity index (χ0) is 12.5. The van der Waals surface area contributed by atoms with Gasteiger partial charge in [0.1, 0.15) is 0 Å². The lowest BCUT2D eigenvalue weighted by Crippen LogP contribution is -2.02. The summed E-state index contributed by atoms with van der Waals surface area (Å²) in [7, 11) is 0. The van der Waals surface area contributed by atoms with Gasteiger partial charge in [0, 0.05) is 11.4 Å². The van der Waals surface area contributed by atoms with Crippen LogP contribution < -0.4 is 5.32 Å². The van der Waals surface area contributed by atoms with E-state index >= 15 is 0 Å². The second-order valence-corrected chi connectivity index (χ2v) is 5.26. The van der Waals surface area contributed by atoms with E-state index in [1.807, 2.05) is 6.92 Å². The van der Waals surface area contributed by atoms with Gasteiger partial charge in [-0.25, -0.2) is 4.98 Å². The van der Waals surface area contributed by atoms with Gasteiger partial charge in [0.2, 0.25) is 5.95 Å². The summed E-state index contributed by atoms with van der Waals surface area (Å²) in [6.45, 7) is 4.91. The van der Waals surface area contributed by atoms with Gasteiger partial charge in [0.15, 0.2) is 5.65 Å². The normalized spacial score (nSPS) is 11.0. The number of rotatable bonds is 3. The van der Waals surface area contributed by atoms with Crippen LogP contribution in [0.2, 0.25) is 0 Å². The minimum absolute atomic E-state index is 0.635. The van der Waals surface area contributed by atoms with Crippen LogP contribution in [0, 0.1) is 6.92 Å². The number of hydrogen-bond acceptors (Lipinski definition) is 5. The summed E-state index contributed by atoms with van der Waals surface area (Å²) < 4.78 is 0. The fraction of sp³-hybridized carbons (Fsp3) is 0.250. The number of nitrogens with one attached hydrogen (secondary N) is 2. The molecule has 0 aromatic carbocycles. The van der Waals surface area contributed by atoms with Crippen LogP contribution in [-0.4, -0.2) is 26.7 Å². The van der Waals surface area contributed by atoms with Crippen molar-refractivity contribution >= 4 is 28.3 Å². The van der Waals surface area contributed by atoms with E-state index in [9.17, 15) is 0 Å². The number of aryl methyl sites for hydroxylation is 1. The van der Waals surface area contributed by atoms with E-state index in [1.54, 1.807) is 17.5 Å². The molecular formula is C12H13N5S. The molecule has 0 spiro atoms.